The first-order valence-corrected chi connectivity index (χ1v) is 9.48. The van der Waals surface area contributed by atoms with Crippen LogP contribution in [0.2, 0.25) is 0 Å². The summed E-state index contributed by atoms with van der Waals surface area (Å²) in [6.07, 6.45) is 2.61. The van der Waals surface area contributed by atoms with Crippen molar-refractivity contribution in [1.29, 1.82) is 0 Å². The van der Waals surface area contributed by atoms with Crippen LogP contribution in [0.4, 0.5) is 0 Å². The first kappa shape index (κ1) is 17.7. The summed E-state index contributed by atoms with van der Waals surface area (Å²) < 4.78 is 17.2. The Bertz CT molecular complexity index is 812. The number of benzene rings is 2. The van der Waals surface area contributed by atoms with Gasteiger partial charge in [-0.05, 0) is 31.5 Å². The molecule has 0 saturated carbocycles. The van der Waals surface area contributed by atoms with Crippen molar-refractivity contribution in [2.24, 2.45) is 0 Å². The van der Waals surface area contributed by atoms with E-state index in [0.29, 0.717) is 12.3 Å². The van der Waals surface area contributed by atoms with Gasteiger partial charge in [0.1, 0.15) is 17.2 Å². The monoisotopic (exact) mass is 367 g/mol. The van der Waals surface area contributed by atoms with Crippen molar-refractivity contribution >= 4 is 5.91 Å². The maximum Gasteiger partial charge on any atom is 0.260 e. The molecule has 0 spiro atoms. The predicted octanol–water partition coefficient (Wildman–Crippen LogP) is 2.94. The lowest BCUT2D eigenvalue weighted by Gasteiger charge is -2.19. The third kappa shape index (κ3) is 3.72. The second-order valence-corrected chi connectivity index (χ2v) is 7.18. The van der Waals surface area contributed by atoms with Crippen LogP contribution in [-0.4, -0.2) is 44.2 Å². The molecule has 2 aliphatic heterocycles. The van der Waals surface area contributed by atoms with E-state index in [9.17, 15) is 4.79 Å². The van der Waals surface area contributed by atoms with E-state index in [4.69, 9.17) is 14.2 Å². The van der Waals surface area contributed by atoms with Crippen LogP contribution < -0.4 is 14.2 Å². The Labute approximate surface area is 159 Å². The van der Waals surface area contributed by atoms with Crippen molar-refractivity contribution < 1.29 is 19.0 Å². The van der Waals surface area contributed by atoms with Crippen molar-refractivity contribution in [2.45, 2.75) is 26.2 Å². The summed E-state index contributed by atoms with van der Waals surface area (Å²) in [6.45, 7) is 4.15. The highest BCUT2D eigenvalue weighted by Crippen LogP contribution is 2.40. The molecule has 1 amide bonds. The van der Waals surface area contributed by atoms with Crippen LogP contribution in [0.5, 0.6) is 17.2 Å². The molecule has 0 aromatic heterocycles. The van der Waals surface area contributed by atoms with E-state index in [2.05, 4.69) is 6.07 Å². The molecule has 0 unspecified atom stereocenters. The zero-order valence-corrected chi connectivity index (χ0v) is 15.9. The van der Waals surface area contributed by atoms with E-state index in [0.717, 1.165) is 44.0 Å². The van der Waals surface area contributed by atoms with Crippen molar-refractivity contribution in [3.63, 3.8) is 0 Å². The molecule has 0 aliphatic carbocycles. The number of aryl methyl sites for hydroxylation is 1. The van der Waals surface area contributed by atoms with E-state index in [1.807, 2.05) is 38.2 Å². The summed E-state index contributed by atoms with van der Waals surface area (Å²) in [5.74, 6) is 2.69. The minimum atomic E-state index is -0.0306. The average Bonchev–Trinajstić information content (AvgIpc) is 3.33. The highest BCUT2D eigenvalue weighted by atomic mass is 16.5. The van der Waals surface area contributed by atoms with E-state index in [-0.39, 0.29) is 12.5 Å². The summed E-state index contributed by atoms with van der Waals surface area (Å²) in [6, 6.07) is 9.84. The minimum absolute atomic E-state index is 0.0306. The molecular formula is C22H25NO4. The zero-order chi connectivity index (χ0) is 18.8. The number of amides is 1. The number of nitrogens with zero attached hydrogens (tertiary/aromatic N) is 1. The first-order chi connectivity index (χ1) is 13.1. The van der Waals surface area contributed by atoms with E-state index < -0.39 is 0 Å². The largest absolute Gasteiger partial charge is 0.493 e. The summed E-state index contributed by atoms with van der Waals surface area (Å²) in [5, 5.41) is 0. The van der Waals surface area contributed by atoms with E-state index in [1.54, 1.807) is 4.90 Å². The molecule has 2 heterocycles. The molecule has 0 fully saturated rings. The number of likely N-dealkylation sites (N-methyl/N-ethyl adjacent to an activating group) is 1. The third-order valence-corrected chi connectivity index (χ3v) is 5.27. The molecule has 5 nitrogen and oxygen atoms in total. The quantitative estimate of drug-likeness (QED) is 0.788. The summed E-state index contributed by atoms with van der Waals surface area (Å²) in [7, 11) is 1.82. The van der Waals surface area contributed by atoms with Gasteiger partial charge in [0.2, 0.25) is 0 Å². The Morgan fingerprint density at radius 3 is 2.74 bits per heavy atom. The molecule has 0 radical (unpaired) electrons. The van der Waals surface area contributed by atoms with Crippen molar-refractivity contribution in [1.82, 2.24) is 4.90 Å². The molecule has 0 atom stereocenters. The van der Waals surface area contributed by atoms with Crippen molar-refractivity contribution in [3.05, 3.63) is 52.6 Å². The Morgan fingerprint density at radius 2 is 1.93 bits per heavy atom. The Morgan fingerprint density at radius 1 is 1.15 bits per heavy atom. The number of rotatable bonds is 6. The molecule has 27 heavy (non-hydrogen) atoms. The van der Waals surface area contributed by atoms with Gasteiger partial charge in [-0.15, -0.1) is 0 Å². The molecule has 0 saturated heterocycles. The van der Waals surface area contributed by atoms with E-state index >= 15 is 0 Å². The fourth-order valence-electron chi connectivity index (χ4n) is 3.64. The number of fused-ring (bicyclic) bond motifs is 2. The molecule has 0 bridgehead atoms. The molecule has 2 aliphatic rings. The van der Waals surface area contributed by atoms with Crippen LogP contribution in [0.1, 0.15) is 22.3 Å². The molecule has 0 N–H and O–H groups in total. The average molecular weight is 367 g/mol. The van der Waals surface area contributed by atoms with Gasteiger partial charge < -0.3 is 19.1 Å². The second kappa shape index (κ2) is 7.51. The molecule has 2 aromatic carbocycles. The number of carbonyl (C=O) groups is 1. The molecule has 4 rings (SSSR count). The van der Waals surface area contributed by atoms with Crippen LogP contribution in [0.3, 0.4) is 0 Å². The summed E-state index contributed by atoms with van der Waals surface area (Å²) >= 11 is 0. The standard InChI is InChI=1S/C22H25NO4/c1-15-3-5-17(6-4-15)27-14-21(24)23(2)10-7-19-18-9-12-25-20(18)13-16-8-11-26-22(16)19/h3-6,13H,7-12,14H2,1-2H3. The normalized spacial score (nSPS) is 14.1. The third-order valence-electron chi connectivity index (χ3n) is 5.27. The fourth-order valence-corrected chi connectivity index (χ4v) is 3.64. The minimum Gasteiger partial charge on any atom is -0.493 e. The zero-order valence-electron chi connectivity index (χ0n) is 15.9. The highest BCUT2D eigenvalue weighted by Gasteiger charge is 2.26. The van der Waals surface area contributed by atoms with Gasteiger partial charge in [0.05, 0.1) is 13.2 Å². The Hall–Kier alpha value is -2.69. The molecule has 2 aromatic rings. The van der Waals surface area contributed by atoms with Crippen LogP contribution in [0, 0.1) is 6.92 Å². The van der Waals surface area contributed by atoms with Gasteiger partial charge in [0.25, 0.3) is 5.91 Å². The fraction of sp³-hybridized carbons (Fsp3) is 0.409. The van der Waals surface area contributed by atoms with E-state index in [1.165, 1.54) is 22.3 Å². The van der Waals surface area contributed by atoms with Gasteiger partial charge in [0.15, 0.2) is 6.61 Å². The van der Waals surface area contributed by atoms with Gasteiger partial charge >= 0.3 is 0 Å². The van der Waals surface area contributed by atoms with Crippen LogP contribution in [0.15, 0.2) is 30.3 Å². The van der Waals surface area contributed by atoms with Gasteiger partial charge in [-0.3, -0.25) is 4.79 Å². The molecular weight excluding hydrogens is 342 g/mol. The smallest absolute Gasteiger partial charge is 0.260 e. The maximum absolute atomic E-state index is 12.4. The topological polar surface area (TPSA) is 48.0 Å². The van der Waals surface area contributed by atoms with Gasteiger partial charge in [-0.1, -0.05) is 17.7 Å². The summed E-state index contributed by atoms with van der Waals surface area (Å²) in [5.41, 5.74) is 4.84. The first-order valence-electron chi connectivity index (χ1n) is 9.48. The van der Waals surface area contributed by atoms with Gasteiger partial charge in [-0.2, -0.15) is 0 Å². The highest BCUT2D eigenvalue weighted by molar-refractivity contribution is 5.77. The number of carbonyl (C=O) groups excluding carboxylic acids is 1. The Kier molecular flexibility index (Phi) is 4.92. The van der Waals surface area contributed by atoms with Crippen LogP contribution >= 0.6 is 0 Å². The van der Waals surface area contributed by atoms with Crippen molar-refractivity contribution in [3.8, 4) is 17.2 Å². The number of hydrogen-bond donors (Lipinski definition) is 0. The molecule has 5 heteroatoms. The lowest BCUT2D eigenvalue weighted by Crippen LogP contribution is -2.33. The number of hydrogen-bond acceptors (Lipinski definition) is 4. The Balaban J connectivity index is 1.37. The lowest BCUT2D eigenvalue weighted by molar-refractivity contribution is -0.132. The van der Waals surface area contributed by atoms with Gasteiger partial charge in [0, 0.05) is 43.1 Å². The van der Waals surface area contributed by atoms with Crippen molar-refractivity contribution in [2.75, 3.05) is 33.4 Å². The number of ether oxygens (including phenoxy) is 3. The lowest BCUT2D eigenvalue weighted by atomic mass is 9.97. The second-order valence-electron chi connectivity index (χ2n) is 7.18. The van der Waals surface area contributed by atoms with Crippen LogP contribution in [0.25, 0.3) is 0 Å². The SMILES string of the molecule is Cc1ccc(OCC(=O)N(C)CCc2c3c(cc4c2OCC4)OCC3)cc1. The van der Waals surface area contributed by atoms with Crippen LogP contribution in [-0.2, 0) is 24.1 Å². The maximum atomic E-state index is 12.4. The predicted molar refractivity (Wildman–Crippen MR) is 103 cm³/mol. The summed E-state index contributed by atoms with van der Waals surface area (Å²) in [4.78, 5) is 14.1. The molecule has 142 valence electrons. The van der Waals surface area contributed by atoms with Gasteiger partial charge in [-0.25, -0.2) is 0 Å².